The van der Waals surface area contributed by atoms with E-state index in [0.717, 1.165) is 45.5 Å². The number of pyridine rings is 1. The minimum Gasteiger partial charge on any atom is -0.465 e. The Labute approximate surface area is 274 Å². The third-order valence-electron chi connectivity index (χ3n) is 8.34. The highest BCUT2D eigenvalue weighted by molar-refractivity contribution is 8.00. The van der Waals surface area contributed by atoms with Crippen molar-refractivity contribution in [2.75, 3.05) is 12.9 Å². The topological polar surface area (TPSA) is 91.5 Å². The molecule has 45 heavy (non-hydrogen) atoms. The van der Waals surface area contributed by atoms with E-state index in [4.69, 9.17) is 31.8 Å². The van der Waals surface area contributed by atoms with Gasteiger partial charge in [0.2, 0.25) is 0 Å². The van der Waals surface area contributed by atoms with Crippen LogP contribution in [0.15, 0.2) is 78.9 Å². The zero-order valence-electron chi connectivity index (χ0n) is 26.1. The number of rotatable bonds is 12. The van der Waals surface area contributed by atoms with Crippen LogP contribution in [0.1, 0.15) is 72.8 Å². The van der Waals surface area contributed by atoms with Gasteiger partial charge in [-0.25, -0.2) is 9.78 Å². The van der Waals surface area contributed by atoms with E-state index in [9.17, 15) is 9.59 Å². The van der Waals surface area contributed by atoms with E-state index in [2.05, 4.69) is 19.1 Å². The SMILES string of the molecule is CCCSC(c1cccc(C=Cc2ccc3ccc(Cl)cc3n2)c1)(c1ccccc1C(=O)OC)C1(C(N)C(=O)OC(C)C)CC1. The Hall–Kier alpha value is -3.65. The number of ether oxygens (including phenoxy) is 2. The summed E-state index contributed by atoms with van der Waals surface area (Å²) in [5.74, 6) is -0.0786. The molecule has 234 valence electrons. The number of carbonyl (C=O) groups excluding carboxylic acids is 2. The molecule has 1 aromatic heterocycles. The summed E-state index contributed by atoms with van der Waals surface area (Å²) in [5.41, 5.74) is 11.0. The van der Waals surface area contributed by atoms with E-state index in [1.807, 2.05) is 86.7 Å². The van der Waals surface area contributed by atoms with E-state index >= 15 is 0 Å². The lowest BCUT2D eigenvalue weighted by Gasteiger charge is -2.45. The van der Waals surface area contributed by atoms with Crippen LogP contribution in [0.2, 0.25) is 5.02 Å². The molecular formula is C37H39ClN2O4S. The summed E-state index contributed by atoms with van der Waals surface area (Å²) in [6.07, 6.45) is 6.00. The molecule has 6 nitrogen and oxygen atoms in total. The first kappa shape index (κ1) is 32.7. The highest BCUT2D eigenvalue weighted by Crippen LogP contribution is 2.69. The van der Waals surface area contributed by atoms with Crippen molar-refractivity contribution in [1.29, 1.82) is 0 Å². The molecule has 1 fully saturated rings. The number of aromatic nitrogens is 1. The van der Waals surface area contributed by atoms with Crippen LogP contribution < -0.4 is 5.73 Å². The van der Waals surface area contributed by atoms with Crippen molar-refractivity contribution < 1.29 is 19.1 Å². The number of nitrogens with zero attached hydrogens (tertiary/aromatic N) is 1. The molecule has 3 aromatic carbocycles. The van der Waals surface area contributed by atoms with Crippen molar-refractivity contribution in [1.82, 2.24) is 4.98 Å². The average molecular weight is 643 g/mol. The second kappa shape index (κ2) is 13.8. The van der Waals surface area contributed by atoms with Gasteiger partial charge in [-0.3, -0.25) is 4.79 Å². The maximum atomic E-state index is 13.5. The maximum Gasteiger partial charge on any atom is 0.338 e. The molecule has 2 atom stereocenters. The van der Waals surface area contributed by atoms with Crippen LogP contribution in [0.4, 0.5) is 0 Å². The van der Waals surface area contributed by atoms with Crippen LogP contribution in [-0.2, 0) is 19.0 Å². The monoisotopic (exact) mass is 642 g/mol. The van der Waals surface area contributed by atoms with Gasteiger partial charge in [-0.05, 0) is 92.0 Å². The van der Waals surface area contributed by atoms with Crippen LogP contribution in [0.25, 0.3) is 23.1 Å². The molecule has 1 aliphatic carbocycles. The van der Waals surface area contributed by atoms with Gasteiger partial charge in [0.1, 0.15) is 6.04 Å². The van der Waals surface area contributed by atoms with Gasteiger partial charge in [0.25, 0.3) is 0 Å². The van der Waals surface area contributed by atoms with Crippen molar-refractivity contribution in [2.24, 2.45) is 11.1 Å². The third-order valence-corrected chi connectivity index (χ3v) is 10.5. The fourth-order valence-corrected chi connectivity index (χ4v) is 8.06. The number of hydrogen-bond acceptors (Lipinski definition) is 7. The average Bonchev–Trinajstić information content (AvgIpc) is 3.85. The molecule has 1 heterocycles. The summed E-state index contributed by atoms with van der Waals surface area (Å²) in [6, 6.07) is 24.5. The number of halogens is 1. The van der Waals surface area contributed by atoms with Crippen molar-refractivity contribution >= 4 is 58.4 Å². The predicted octanol–water partition coefficient (Wildman–Crippen LogP) is 8.29. The van der Waals surface area contributed by atoms with E-state index in [1.54, 1.807) is 17.8 Å². The summed E-state index contributed by atoms with van der Waals surface area (Å²) in [4.78, 5) is 31.5. The molecule has 1 aliphatic rings. The second-order valence-electron chi connectivity index (χ2n) is 11.7. The zero-order chi connectivity index (χ0) is 32.2. The first-order valence-corrected chi connectivity index (χ1v) is 16.6. The second-order valence-corrected chi connectivity index (χ2v) is 13.5. The van der Waals surface area contributed by atoms with Gasteiger partial charge in [0, 0.05) is 15.8 Å². The van der Waals surface area contributed by atoms with Crippen molar-refractivity contribution in [3.8, 4) is 0 Å². The van der Waals surface area contributed by atoms with E-state index in [-0.39, 0.29) is 6.10 Å². The summed E-state index contributed by atoms with van der Waals surface area (Å²) >= 11 is 7.94. The number of nitrogens with two attached hydrogens (primary N) is 1. The normalized spacial score (nSPS) is 16.0. The molecule has 1 saturated carbocycles. The smallest absolute Gasteiger partial charge is 0.338 e. The highest BCUT2D eigenvalue weighted by atomic mass is 35.5. The van der Waals surface area contributed by atoms with Gasteiger partial charge in [-0.15, -0.1) is 11.8 Å². The molecule has 0 saturated heterocycles. The van der Waals surface area contributed by atoms with Crippen molar-refractivity contribution in [3.05, 3.63) is 112 Å². The van der Waals surface area contributed by atoms with Crippen LogP contribution in [0.3, 0.4) is 0 Å². The molecule has 0 amide bonds. The largest absolute Gasteiger partial charge is 0.465 e. The number of hydrogen-bond donors (Lipinski definition) is 1. The van der Waals surface area contributed by atoms with Crippen molar-refractivity contribution in [3.63, 3.8) is 0 Å². The van der Waals surface area contributed by atoms with Gasteiger partial charge < -0.3 is 15.2 Å². The quantitative estimate of drug-likeness (QED) is 0.155. The number of benzene rings is 3. The molecule has 4 aromatic rings. The lowest BCUT2D eigenvalue weighted by atomic mass is 9.71. The summed E-state index contributed by atoms with van der Waals surface area (Å²) in [6.45, 7) is 5.77. The molecule has 2 N–H and O–H groups in total. The Bertz CT molecular complexity index is 1730. The molecular weight excluding hydrogens is 604 g/mol. The third kappa shape index (κ3) is 6.53. The molecule has 0 bridgehead atoms. The van der Waals surface area contributed by atoms with Crippen LogP contribution >= 0.6 is 23.4 Å². The Kier molecular flexibility index (Phi) is 10.0. The van der Waals surface area contributed by atoms with Gasteiger partial charge in [0.15, 0.2) is 0 Å². The number of fused-ring (bicyclic) bond motifs is 1. The Morgan fingerprint density at radius 2 is 1.80 bits per heavy atom. The lowest BCUT2D eigenvalue weighted by molar-refractivity contribution is -0.151. The fraction of sp³-hybridized carbons (Fsp3) is 0.324. The number of carbonyl (C=O) groups is 2. The highest BCUT2D eigenvalue weighted by Gasteiger charge is 2.66. The molecule has 5 rings (SSSR count). The minimum atomic E-state index is -0.900. The Balaban J connectivity index is 1.67. The number of methoxy groups -OCH3 is 1. The number of esters is 2. The Morgan fingerprint density at radius 3 is 2.51 bits per heavy atom. The van der Waals surface area contributed by atoms with Gasteiger partial charge >= 0.3 is 11.9 Å². The standard InChI is InChI=1S/C37H39ClN2O4S/c1-5-21-45-37(31-12-7-6-11-30(31)34(41)43-4,36(19-20-36)33(39)35(42)44-24(2)3)27-10-8-9-25(22-27)13-17-29-18-15-26-14-16-28(38)23-32(26)40-29/h6-18,22-24,33H,5,19-21,39H2,1-4H3. The van der Waals surface area contributed by atoms with Crippen LogP contribution in [0, 0.1) is 5.41 Å². The maximum absolute atomic E-state index is 13.5. The van der Waals surface area contributed by atoms with Gasteiger partial charge in [-0.2, -0.15) is 0 Å². The summed E-state index contributed by atoms with van der Waals surface area (Å²) in [5, 5.41) is 1.66. The van der Waals surface area contributed by atoms with E-state index < -0.39 is 28.1 Å². The first-order chi connectivity index (χ1) is 21.6. The first-order valence-electron chi connectivity index (χ1n) is 15.3. The van der Waals surface area contributed by atoms with Gasteiger partial charge in [-0.1, -0.05) is 73.1 Å². The Morgan fingerprint density at radius 1 is 1.04 bits per heavy atom. The lowest BCUT2D eigenvalue weighted by Crippen LogP contribution is -2.52. The van der Waals surface area contributed by atoms with Gasteiger partial charge in [0.05, 0.1) is 34.7 Å². The van der Waals surface area contributed by atoms with Crippen molar-refractivity contribution in [2.45, 2.75) is 56.9 Å². The molecule has 8 heteroatoms. The molecule has 2 unspecified atom stereocenters. The summed E-state index contributed by atoms with van der Waals surface area (Å²) in [7, 11) is 1.39. The van der Waals surface area contributed by atoms with E-state index in [1.165, 1.54) is 7.11 Å². The minimum absolute atomic E-state index is 0.299. The number of thioether (sulfide) groups is 1. The van der Waals surface area contributed by atoms with Crippen LogP contribution in [0.5, 0.6) is 0 Å². The zero-order valence-corrected chi connectivity index (χ0v) is 27.7. The van der Waals surface area contributed by atoms with E-state index in [0.29, 0.717) is 23.4 Å². The predicted molar refractivity (Wildman–Crippen MR) is 184 cm³/mol. The van der Waals surface area contributed by atoms with Crippen LogP contribution in [-0.4, -0.2) is 41.9 Å². The molecule has 0 spiro atoms. The summed E-state index contributed by atoms with van der Waals surface area (Å²) < 4.78 is 10.1. The molecule has 0 radical (unpaired) electrons. The molecule has 0 aliphatic heterocycles. The fourth-order valence-electron chi connectivity index (χ4n) is 6.14.